The fourth-order valence-corrected chi connectivity index (χ4v) is 3.33. The molecule has 3 aromatic rings. The van der Waals surface area contributed by atoms with Gasteiger partial charge in [-0.2, -0.15) is 0 Å². The number of nitrogens with one attached hydrogen (secondary N) is 1. The summed E-state index contributed by atoms with van der Waals surface area (Å²) in [6.45, 7) is 1.65. The molecule has 0 saturated heterocycles. The third-order valence-corrected chi connectivity index (χ3v) is 4.87. The lowest BCUT2D eigenvalue weighted by atomic mass is 10.00. The molecule has 8 heteroatoms. The number of anilines is 1. The molecule has 0 unspecified atom stereocenters. The summed E-state index contributed by atoms with van der Waals surface area (Å²) in [6, 6.07) is 13.9. The van der Waals surface area contributed by atoms with Gasteiger partial charge in [-0.3, -0.25) is 4.72 Å². The van der Waals surface area contributed by atoms with Gasteiger partial charge in [-0.1, -0.05) is 35.5 Å². The van der Waals surface area contributed by atoms with Crippen LogP contribution in [0.15, 0.2) is 64.0 Å². The highest BCUT2D eigenvalue weighted by Crippen LogP contribution is 2.25. The second kappa shape index (κ2) is 6.40. The Balaban J connectivity index is 1.91. The zero-order valence-electron chi connectivity index (χ0n) is 13.1. The quantitative estimate of drug-likeness (QED) is 0.725. The number of aryl methyl sites for hydroxylation is 1. The molecular weight excluding hydrogens is 344 g/mol. The van der Waals surface area contributed by atoms with Crippen LogP contribution in [0, 0.1) is 6.92 Å². The summed E-state index contributed by atoms with van der Waals surface area (Å²) in [4.78, 5) is 11.3. The molecule has 0 aliphatic heterocycles. The van der Waals surface area contributed by atoms with Crippen LogP contribution in [0.25, 0.3) is 11.1 Å². The molecule has 0 atom stereocenters. The highest BCUT2D eigenvalue weighted by atomic mass is 32.2. The summed E-state index contributed by atoms with van der Waals surface area (Å²) in [5.41, 5.74) is 1.27. The van der Waals surface area contributed by atoms with Gasteiger partial charge in [0.2, 0.25) is 0 Å². The number of rotatable bonds is 5. The fourth-order valence-electron chi connectivity index (χ4n) is 2.35. The number of carbonyl (C=O) groups is 1. The van der Waals surface area contributed by atoms with Crippen molar-refractivity contribution in [1.82, 2.24) is 5.16 Å². The van der Waals surface area contributed by atoms with Crippen LogP contribution < -0.4 is 4.72 Å². The van der Waals surface area contributed by atoms with E-state index in [0.29, 0.717) is 16.9 Å². The molecule has 0 saturated carbocycles. The number of carboxylic acids is 1. The fraction of sp³-hybridized carbons (Fsp3) is 0.0588. The molecule has 0 aliphatic rings. The van der Waals surface area contributed by atoms with Crippen molar-refractivity contribution in [1.29, 1.82) is 0 Å². The summed E-state index contributed by atoms with van der Waals surface area (Å²) < 4.78 is 31.8. The van der Waals surface area contributed by atoms with Crippen LogP contribution in [-0.4, -0.2) is 24.7 Å². The van der Waals surface area contributed by atoms with Gasteiger partial charge in [0.15, 0.2) is 5.82 Å². The van der Waals surface area contributed by atoms with Crippen molar-refractivity contribution >= 4 is 21.8 Å². The number of aromatic carboxylic acids is 1. The van der Waals surface area contributed by atoms with Crippen LogP contribution in [0.2, 0.25) is 0 Å². The molecule has 0 amide bonds. The van der Waals surface area contributed by atoms with Gasteiger partial charge in [0.25, 0.3) is 10.0 Å². The van der Waals surface area contributed by atoms with Crippen LogP contribution in [0.4, 0.5) is 5.82 Å². The van der Waals surface area contributed by atoms with E-state index in [9.17, 15) is 18.3 Å². The molecule has 0 bridgehead atoms. The number of carboxylic acid groups (broad SMARTS) is 1. The first-order valence-electron chi connectivity index (χ1n) is 7.26. The predicted molar refractivity (Wildman–Crippen MR) is 90.9 cm³/mol. The van der Waals surface area contributed by atoms with E-state index < -0.39 is 16.0 Å². The molecule has 1 aromatic heterocycles. The van der Waals surface area contributed by atoms with E-state index in [-0.39, 0.29) is 16.3 Å². The van der Waals surface area contributed by atoms with E-state index in [1.165, 1.54) is 24.3 Å². The Hall–Kier alpha value is -3.13. The molecule has 3 rings (SSSR count). The minimum atomic E-state index is -3.81. The van der Waals surface area contributed by atoms with Gasteiger partial charge in [0.05, 0.1) is 10.5 Å². The SMILES string of the molecule is Cc1cc(NS(=O)(=O)c2ccc(-c3ccccc3C(=O)O)cc2)no1. The van der Waals surface area contributed by atoms with Crippen molar-refractivity contribution in [3.63, 3.8) is 0 Å². The van der Waals surface area contributed by atoms with Crippen LogP contribution in [0.3, 0.4) is 0 Å². The summed E-state index contributed by atoms with van der Waals surface area (Å²) in [5.74, 6) is -0.466. The van der Waals surface area contributed by atoms with Crippen LogP contribution in [0.1, 0.15) is 16.1 Å². The average molecular weight is 358 g/mol. The van der Waals surface area contributed by atoms with Crippen molar-refractivity contribution in [2.75, 3.05) is 4.72 Å². The molecular formula is C17H14N2O5S. The summed E-state index contributed by atoms with van der Waals surface area (Å²) >= 11 is 0. The lowest BCUT2D eigenvalue weighted by Crippen LogP contribution is -2.13. The van der Waals surface area contributed by atoms with Crippen molar-refractivity contribution in [2.45, 2.75) is 11.8 Å². The smallest absolute Gasteiger partial charge is 0.336 e. The standard InChI is InChI=1S/C17H14N2O5S/c1-11-10-16(18-24-11)19-25(22,23)13-8-6-12(7-9-13)14-4-2-3-5-15(14)17(20)21/h2-10H,1H3,(H,18,19)(H,20,21). The van der Waals surface area contributed by atoms with E-state index in [2.05, 4.69) is 9.88 Å². The van der Waals surface area contributed by atoms with Crippen molar-refractivity contribution in [3.05, 3.63) is 65.9 Å². The van der Waals surface area contributed by atoms with E-state index in [4.69, 9.17) is 4.52 Å². The Labute approximate surface area is 144 Å². The number of nitrogens with zero attached hydrogens (tertiary/aromatic N) is 1. The Kier molecular flexibility index (Phi) is 4.28. The maximum Gasteiger partial charge on any atom is 0.336 e. The highest BCUT2D eigenvalue weighted by molar-refractivity contribution is 7.92. The number of hydrogen-bond donors (Lipinski definition) is 2. The summed E-state index contributed by atoms with van der Waals surface area (Å²) in [7, 11) is -3.81. The maximum atomic E-state index is 12.3. The number of hydrogen-bond acceptors (Lipinski definition) is 5. The van der Waals surface area contributed by atoms with Gasteiger partial charge in [0.1, 0.15) is 5.76 Å². The van der Waals surface area contributed by atoms with E-state index in [1.54, 1.807) is 37.3 Å². The van der Waals surface area contributed by atoms with E-state index in [1.807, 2.05) is 0 Å². The first-order chi connectivity index (χ1) is 11.9. The van der Waals surface area contributed by atoms with E-state index in [0.717, 1.165) is 0 Å². The third kappa shape index (κ3) is 3.53. The molecule has 2 aromatic carbocycles. The average Bonchev–Trinajstić information content (AvgIpc) is 2.99. The lowest BCUT2D eigenvalue weighted by Gasteiger charge is -2.08. The third-order valence-electron chi connectivity index (χ3n) is 3.50. The Morgan fingerprint density at radius 2 is 1.80 bits per heavy atom. The lowest BCUT2D eigenvalue weighted by molar-refractivity contribution is 0.0697. The van der Waals surface area contributed by atoms with E-state index >= 15 is 0 Å². The van der Waals surface area contributed by atoms with Crippen molar-refractivity contribution in [2.24, 2.45) is 0 Å². The topological polar surface area (TPSA) is 110 Å². The van der Waals surface area contributed by atoms with Crippen molar-refractivity contribution in [3.8, 4) is 11.1 Å². The number of benzene rings is 2. The maximum absolute atomic E-state index is 12.3. The molecule has 0 fully saturated rings. The summed E-state index contributed by atoms with van der Waals surface area (Å²) in [6.07, 6.45) is 0. The second-order valence-corrected chi connectivity index (χ2v) is 6.99. The minimum absolute atomic E-state index is 0.0321. The highest BCUT2D eigenvalue weighted by Gasteiger charge is 2.17. The molecule has 0 spiro atoms. The Morgan fingerprint density at radius 1 is 1.12 bits per heavy atom. The zero-order chi connectivity index (χ0) is 18.0. The van der Waals surface area contributed by atoms with Gasteiger partial charge >= 0.3 is 5.97 Å². The largest absolute Gasteiger partial charge is 0.478 e. The minimum Gasteiger partial charge on any atom is -0.478 e. The Bertz CT molecular complexity index is 1020. The first kappa shape index (κ1) is 16.7. The van der Waals surface area contributed by atoms with Gasteiger partial charge in [-0.15, -0.1) is 0 Å². The Morgan fingerprint density at radius 3 is 2.40 bits per heavy atom. The van der Waals surface area contributed by atoms with Crippen molar-refractivity contribution < 1.29 is 22.8 Å². The molecule has 128 valence electrons. The van der Waals surface area contributed by atoms with Gasteiger partial charge in [-0.25, -0.2) is 13.2 Å². The van der Waals surface area contributed by atoms with Crippen LogP contribution >= 0.6 is 0 Å². The first-order valence-corrected chi connectivity index (χ1v) is 8.74. The molecule has 25 heavy (non-hydrogen) atoms. The summed E-state index contributed by atoms with van der Waals surface area (Å²) in [5, 5.41) is 12.8. The molecule has 7 nitrogen and oxygen atoms in total. The van der Waals surface area contributed by atoms with Gasteiger partial charge in [0, 0.05) is 6.07 Å². The van der Waals surface area contributed by atoms with Crippen LogP contribution in [0.5, 0.6) is 0 Å². The number of sulfonamides is 1. The molecule has 0 radical (unpaired) electrons. The second-order valence-electron chi connectivity index (χ2n) is 5.30. The zero-order valence-corrected chi connectivity index (χ0v) is 13.9. The predicted octanol–water partition coefficient (Wildman–Crippen LogP) is 3.15. The van der Waals surface area contributed by atoms with Crippen LogP contribution in [-0.2, 0) is 10.0 Å². The number of aromatic nitrogens is 1. The monoisotopic (exact) mass is 358 g/mol. The van der Waals surface area contributed by atoms with Gasteiger partial charge < -0.3 is 9.63 Å². The van der Waals surface area contributed by atoms with Gasteiger partial charge in [-0.05, 0) is 36.2 Å². The molecule has 0 aliphatic carbocycles. The molecule has 2 N–H and O–H groups in total. The normalized spacial score (nSPS) is 11.2. The molecule has 1 heterocycles.